The second-order valence-corrected chi connectivity index (χ2v) is 4.84. The lowest BCUT2D eigenvalue weighted by Crippen LogP contribution is -2.43. The van der Waals surface area contributed by atoms with E-state index in [1.165, 1.54) is 0 Å². The molecule has 16 heavy (non-hydrogen) atoms. The van der Waals surface area contributed by atoms with E-state index in [0.717, 1.165) is 56.5 Å². The van der Waals surface area contributed by atoms with Crippen LogP contribution >= 0.6 is 0 Å². The molecular weight excluding hydrogens is 204 g/mol. The van der Waals surface area contributed by atoms with Gasteiger partial charge in [0.05, 0.1) is 12.3 Å². The van der Waals surface area contributed by atoms with Crippen molar-refractivity contribution in [3.63, 3.8) is 0 Å². The normalized spacial score (nSPS) is 25.9. The molecule has 2 saturated heterocycles. The van der Waals surface area contributed by atoms with E-state index in [1.54, 1.807) is 0 Å². The first-order chi connectivity index (χ1) is 7.83. The zero-order chi connectivity index (χ0) is 11.0. The van der Waals surface area contributed by atoms with Gasteiger partial charge in [-0.1, -0.05) is 0 Å². The van der Waals surface area contributed by atoms with Crippen LogP contribution in [0, 0.1) is 12.8 Å². The van der Waals surface area contributed by atoms with Crippen molar-refractivity contribution in [2.45, 2.75) is 25.7 Å². The minimum Gasteiger partial charge on any atom is -0.446 e. The summed E-state index contributed by atoms with van der Waals surface area (Å²) in [4.78, 5) is 4.64. The van der Waals surface area contributed by atoms with Crippen molar-refractivity contribution in [3.05, 3.63) is 17.3 Å². The van der Waals surface area contributed by atoms with Crippen LogP contribution in [-0.2, 0) is 11.2 Å². The van der Waals surface area contributed by atoms with Crippen molar-refractivity contribution in [1.29, 1.82) is 0 Å². The molecule has 4 heteroatoms. The van der Waals surface area contributed by atoms with Crippen LogP contribution in [0.25, 0.3) is 0 Å². The Balaban J connectivity index is 1.72. The Morgan fingerprint density at radius 2 is 2.31 bits per heavy atom. The molecule has 1 aromatic rings. The minimum atomic E-state index is 0.456. The van der Waals surface area contributed by atoms with Gasteiger partial charge in [0.15, 0.2) is 5.89 Å². The maximum absolute atomic E-state index is 5.74. The number of nitrogens with zero attached hydrogens (tertiary/aromatic N) is 1. The molecule has 3 rings (SSSR count). The van der Waals surface area contributed by atoms with Gasteiger partial charge < -0.3 is 14.5 Å². The molecule has 2 fully saturated rings. The smallest absolute Gasteiger partial charge is 0.194 e. The highest BCUT2D eigenvalue weighted by Crippen LogP contribution is 2.28. The molecule has 0 saturated carbocycles. The average Bonchev–Trinajstić information content (AvgIpc) is 2.80. The molecule has 0 radical (unpaired) electrons. The Bertz CT molecular complexity index is 365. The molecule has 0 spiro atoms. The molecule has 2 aliphatic heterocycles. The molecule has 0 bridgehead atoms. The SMILES string of the molecule is Cc1oc(CC2CNC2)nc1C1CCOC1. The van der Waals surface area contributed by atoms with Crippen LogP contribution in [-0.4, -0.2) is 31.3 Å². The maximum atomic E-state index is 5.74. The number of hydrogen-bond donors (Lipinski definition) is 1. The molecule has 1 unspecified atom stereocenters. The number of oxazole rings is 1. The fourth-order valence-electron chi connectivity index (χ4n) is 2.42. The number of aryl methyl sites for hydroxylation is 1. The van der Waals surface area contributed by atoms with Crippen LogP contribution in [0.5, 0.6) is 0 Å². The summed E-state index contributed by atoms with van der Waals surface area (Å²) in [5.74, 6) is 3.06. The highest BCUT2D eigenvalue weighted by atomic mass is 16.5. The lowest BCUT2D eigenvalue weighted by molar-refractivity contribution is 0.193. The number of nitrogens with one attached hydrogen (secondary N) is 1. The van der Waals surface area contributed by atoms with Crippen LogP contribution < -0.4 is 5.32 Å². The maximum Gasteiger partial charge on any atom is 0.194 e. The summed E-state index contributed by atoms with van der Waals surface area (Å²) in [6.07, 6.45) is 2.05. The van der Waals surface area contributed by atoms with Crippen LogP contribution in [0.4, 0.5) is 0 Å². The largest absolute Gasteiger partial charge is 0.446 e. The molecule has 3 heterocycles. The molecule has 2 aliphatic rings. The zero-order valence-corrected chi connectivity index (χ0v) is 9.66. The predicted octanol–water partition coefficient (Wildman–Crippen LogP) is 1.25. The van der Waals surface area contributed by atoms with E-state index >= 15 is 0 Å². The average molecular weight is 222 g/mol. The van der Waals surface area contributed by atoms with Gasteiger partial charge in [0.25, 0.3) is 0 Å². The van der Waals surface area contributed by atoms with Gasteiger partial charge in [-0.3, -0.25) is 0 Å². The van der Waals surface area contributed by atoms with Crippen molar-refractivity contribution >= 4 is 0 Å². The van der Waals surface area contributed by atoms with E-state index in [1.807, 2.05) is 6.92 Å². The molecule has 88 valence electrons. The van der Waals surface area contributed by atoms with Crippen molar-refractivity contribution < 1.29 is 9.15 Å². The fraction of sp³-hybridized carbons (Fsp3) is 0.750. The van der Waals surface area contributed by atoms with Gasteiger partial charge in [0, 0.05) is 18.9 Å². The molecule has 0 amide bonds. The van der Waals surface area contributed by atoms with Crippen LogP contribution in [0.1, 0.15) is 29.7 Å². The summed E-state index contributed by atoms with van der Waals surface area (Å²) in [7, 11) is 0. The van der Waals surface area contributed by atoms with Gasteiger partial charge in [-0.2, -0.15) is 0 Å². The standard InChI is InChI=1S/C12H18N2O2/c1-8-12(10-2-3-15-7-10)14-11(16-8)4-9-5-13-6-9/h9-10,13H,2-7H2,1H3. The molecule has 1 atom stereocenters. The Morgan fingerprint density at radius 3 is 2.94 bits per heavy atom. The Kier molecular flexibility index (Phi) is 2.69. The van der Waals surface area contributed by atoms with Crippen molar-refractivity contribution in [2.24, 2.45) is 5.92 Å². The Labute approximate surface area is 95.4 Å². The molecule has 1 N–H and O–H groups in total. The summed E-state index contributed by atoms with van der Waals surface area (Å²) < 4.78 is 11.1. The van der Waals surface area contributed by atoms with Crippen molar-refractivity contribution in [2.75, 3.05) is 26.3 Å². The van der Waals surface area contributed by atoms with Gasteiger partial charge in [-0.05, 0) is 32.4 Å². The van der Waals surface area contributed by atoms with Crippen molar-refractivity contribution in [3.8, 4) is 0 Å². The fourth-order valence-corrected chi connectivity index (χ4v) is 2.42. The third-order valence-electron chi connectivity index (χ3n) is 3.52. The van der Waals surface area contributed by atoms with E-state index in [4.69, 9.17) is 9.15 Å². The summed E-state index contributed by atoms with van der Waals surface area (Å²) >= 11 is 0. The topological polar surface area (TPSA) is 47.3 Å². The van der Waals surface area contributed by atoms with Crippen LogP contribution in [0.3, 0.4) is 0 Å². The van der Waals surface area contributed by atoms with E-state index in [2.05, 4.69) is 10.3 Å². The van der Waals surface area contributed by atoms with E-state index in [0.29, 0.717) is 11.8 Å². The van der Waals surface area contributed by atoms with Crippen molar-refractivity contribution in [1.82, 2.24) is 10.3 Å². The first-order valence-corrected chi connectivity index (χ1v) is 6.07. The summed E-state index contributed by atoms with van der Waals surface area (Å²) in [5, 5.41) is 3.27. The predicted molar refractivity (Wildman–Crippen MR) is 59.5 cm³/mol. The van der Waals surface area contributed by atoms with Gasteiger partial charge in [-0.25, -0.2) is 4.98 Å². The highest BCUT2D eigenvalue weighted by Gasteiger charge is 2.26. The second kappa shape index (κ2) is 4.18. The molecule has 4 nitrogen and oxygen atoms in total. The highest BCUT2D eigenvalue weighted by molar-refractivity contribution is 5.15. The zero-order valence-electron chi connectivity index (χ0n) is 9.66. The first kappa shape index (κ1) is 10.3. The second-order valence-electron chi connectivity index (χ2n) is 4.84. The summed E-state index contributed by atoms with van der Waals surface area (Å²) in [5.41, 5.74) is 1.12. The summed E-state index contributed by atoms with van der Waals surface area (Å²) in [6.45, 7) is 5.88. The quantitative estimate of drug-likeness (QED) is 0.836. The van der Waals surface area contributed by atoms with Gasteiger partial charge in [0.2, 0.25) is 0 Å². The van der Waals surface area contributed by atoms with Crippen LogP contribution in [0.15, 0.2) is 4.42 Å². The monoisotopic (exact) mass is 222 g/mol. The Morgan fingerprint density at radius 1 is 1.44 bits per heavy atom. The van der Waals surface area contributed by atoms with E-state index in [-0.39, 0.29) is 0 Å². The number of rotatable bonds is 3. The lowest BCUT2D eigenvalue weighted by Gasteiger charge is -2.25. The Hall–Kier alpha value is -0.870. The van der Waals surface area contributed by atoms with Gasteiger partial charge in [-0.15, -0.1) is 0 Å². The number of aromatic nitrogens is 1. The lowest BCUT2D eigenvalue weighted by atomic mass is 9.99. The van der Waals surface area contributed by atoms with Gasteiger partial charge in [0.1, 0.15) is 5.76 Å². The van der Waals surface area contributed by atoms with Crippen LogP contribution in [0.2, 0.25) is 0 Å². The number of hydrogen-bond acceptors (Lipinski definition) is 4. The van der Waals surface area contributed by atoms with E-state index in [9.17, 15) is 0 Å². The van der Waals surface area contributed by atoms with Gasteiger partial charge >= 0.3 is 0 Å². The molecule has 0 aromatic carbocycles. The summed E-state index contributed by atoms with van der Waals surface area (Å²) in [6, 6.07) is 0. The molecule has 0 aliphatic carbocycles. The third kappa shape index (κ3) is 1.87. The first-order valence-electron chi connectivity index (χ1n) is 6.07. The van der Waals surface area contributed by atoms with E-state index < -0.39 is 0 Å². The molecule has 1 aromatic heterocycles. The molecular formula is C12H18N2O2. The third-order valence-corrected chi connectivity index (χ3v) is 3.52. The number of ether oxygens (including phenoxy) is 1. The minimum absolute atomic E-state index is 0.456.